The van der Waals surface area contributed by atoms with E-state index in [4.69, 9.17) is 0 Å². The van der Waals surface area contributed by atoms with Crippen molar-refractivity contribution in [2.45, 2.75) is 58.2 Å². The van der Waals surface area contributed by atoms with E-state index in [0.717, 1.165) is 18.4 Å². The van der Waals surface area contributed by atoms with Gasteiger partial charge in [-0.3, -0.25) is 4.79 Å². The number of likely N-dealkylation sites (tertiary alicyclic amines) is 1. The summed E-state index contributed by atoms with van der Waals surface area (Å²) < 4.78 is 26.8. The molecule has 3 atom stereocenters. The maximum atomic E-state index is 13.1. The van der Waals surface area contributed by atoms with Crippen LogP contribution in [0, 0.1) is 0 Å². The molecule has 0 unspecified atom stereocenters. The van der Waals surface area contributed by atoms with Crippen molar-refractivity contribution in [1.29, 1.82) is 0 Å². The average Bonchev–Trinajstić information content (AvgIpc) is 2.72. The number of nitrogens with zero attached hydrogens (tertiary/aromatic N) is 2. The minimum atomic E-state index is -3.44. The van der Waals surface area contributed by atoms with Crippen LogP contribution in [0.1, 0.15) is 45.6 Å². The van der Waals surface area contributed by atoms with E-state index in [1.165, 1.54) is 21.0 Å². The predicted octanol–water partition coefficient (Wildman–Crippen LogP) is 1.37. The van der Waals surface area contributed by atoms with Crippen LogP contribution in [0.3, 0.4) is 0 Å². The molecular weight excluding hydrogens is 386 g/mol. The number of carbonyl (C=O) groups is 1. The highest BCUT2D eigenvalue weighted by molar-refractivity contribution is 7.92. The smallest absolute Gasteiger partial charge is 0.281 e. The van der Waals surface area contributed by atoms with Crippen LogP contribution >= 0.6 is 0 Å². The molecule has 3 rings (SSSR count). The minimum absolute atomic E-state index is 0.136. The van der Waals surface area contributed by atoms with Gasteiger partial charge in [-0.25, -0.2) is 8.42 Å². The molecule has 0 bridgehead atoms. The third-order valence-corrected chi connectivity index (χ3v) is 7.95. The summed E-state index contributed by atoms with van der Waals surface area (Å²) in [6.07, 6.45) is 4.95. The van der Waals surface area contributed by atoms with Gasteiger partial charge in [-0.2, -0.15) is 4.31 Å². The Labute approximate surface area is 175 Å². The van der Waals surface area contributed by atoms with E-state index in [-0.39, 0.29) is 24.0 Å². The standard InChI is InChI=1S/C22H33N3O3S/c1-18-8-7-9-19(2)25(18)22(26)20(3)23-13-15-24(16-14-23)29(27,28)17-12-21-10-5-4-6-11-21/h4-6,10-12,17-20H,7-9,13-16H2,1-3H3/p+1/b17-12+/t18-,19-,20-/m1/s1. The Hall–Kier alpha value is -1.70. The SMILES string of the molecule is C[C@@H]1CCC[C@@H](C)N1C(=O)[C@@H](C)[NH+]1CCN(S(=O)(=O)/C=C/c2ccccc2)CC1. The maximum Gasteiger partial charge on any atom is 0.281 e. The van der Waals surface area contributed by atoms with E-state index in [0.29, 0.717) is 26.2 Å². The highest BCUT2D eigenvalue weighted by Gasteiger charge is 2.38. The van der Waals surface area contributed by atoms with Crippen molar-refractivity contribution in [1.82, 2.24) is 9.21 Å². The van der Waals surface area contributed by atoms with Gasteiger partial charge in [-0.05, 0) is 51.7 Å². The van der Waals surface area contributed by atoms with Gasteiger partial charge in [0, 0.05) is 17.5 Å². The lowest BCUT2D eigenvalue weighted by Gasteiger charge is -2.42. The van der Waals surface area contributed by atoms with E-state index < -0.39 is 10.0 Å². The fraction of sp³-hybridized carbons (Fsp3) is 0.591. The molecule has 1 aromatic carbocycles. The zero-order chi connectivity index (χ0) is 21.0. The van der Waals surface area contributed by atoms with Crippen LogP contribution in [0.5, 0.6) is 0 Å². The summed E-state index contributed by atoms with van der Waals surface area (Å²) in [6.45, 7) is 8.46. The molecule has 2 fully saturated rings. The van der Waals surface area contributed by atoms with Crippen molar-refractivity contribution in [2.75, 3.05) is 26.2 Å². The number of piperazine rings is 1. The molecule has 2 aliphatic rings. The van der Waals surface area contributed by atoms with Gasteiger partial charge in [0.25, 0.3) is 5.91 Å². The molecular formula is C22H34N3O3S+. The second-order valence-corrected chi connectivity index (χ2v) is 10.2. The van der Waals surface area contributed by atoms with Crippen molar-refractivity contribution in [3.05, 3.63) is 41.3 Å². The molecule has 1 aromatic rings. The van der Waals surface area contributed by atoms with E-state index in [1.54, 1.807) is 6.08 Å². The maximum absolute atomic E-state index is 13.1. The number of nitrogens with one attached hydrogen (secondary N) is 1. The van der Waals surface area contributed by atoms with Crippen molar-refractivity contribution < 1.29 is 18.1 Å². The van der Waals surface area contributed by atoms with Gasteiger partial charge < -0.3 is 9.80 Å². The lowest BCUT2D eigenvalue weighted by atomic mass is 9.96. The van der Waals surface area contributed by atoms with Gasteiger partial charge in [0.15, 0.2) is 6.04 Å². The molecule has 0 radical (unpaired) electrons. The van der Waals surface area contributed by atoms with Gasteiger partial charge in [-0.1, -0.05) is 30.3 Å². The zero-order valence-electron chi connectivity index (χ0n) is 17.8. The normalized spacial score (nSPS) is 26.0. The monoisotopic (exact) mass is 420 g/mol. The highest BCUT2D eigenvalue weighted by atomic mass is 32.2. The molecule has 29 heavy (non-hydrogen) atoms. The van der Waals surface area contributed by atoms with Crippen LogP contribution in [0.25, 0.3) is 6.08 Å². The molecule has 1 amide bonds. The van der Waals surface area contributed by atoms with Gasteiger partial charge >= 0.3 is 0 Å². The van der Waals surface area contributed by atoms with Crippen LogP contribution in [-0.2, 0) is 14.8 Å². The summed E-state index contributed by atoms with van der Waals surface area (Å²) in [5, 5.41) is 1.29. The Bertz CT molecular complexity index is 807. The summed E-state index contributed by atoms with van der Waals surface area (Å²) in [4.78, 5) is 16.4. The van der Waals surface area contributed by atoms with E-state index in [2.05, 4.69) is 18.7 Å². The molecule has 160 valence electrons. The van der Waals surface area contributed by atoms with Crippen LogP contribution in [0.4, 0.5) is 0 Å². The zero-order valence-corrected chi connectivity index (χ0v) is 18.6. The third-order valence-electron chi connectivity index (χ3n) is 6.39. The average molecular weight is 421 g/mol. The first kappa shape index (κ1) is 22.0. The van der Waals surface area contributed by atoms with Crippen molar-refractivity contribution in [3.8, 4) is 0 Å². The fourth-order valence-electron chi connectivity index (χ4n) is 4.53. The number of quaternary nitrogens is 1. The number of hydrogen-bond donors (Lipinski definition) is 1. The topological polar surface area (TPSA) is 62.1 Å². The first-order chi connectivity index (χ1) is 13.8. The first-order valence-corrected chi connectivity index (χ1v) is 12.2. The van der Waals surface area contributed by atoms with Crippen molar-refractivity contribution in [2.24, 2.45) is 0 Å². The predicted molar refractivity (Wildman–Crippen MR) is 116 cm³/mol. The molecule has 1 N–H and O–H groups in total. The third kappa shape index (κ3) is 5.27. The molecule has 7 heteroatoms. The summed E-state index contributed by atoms with van der Waals surface area (Å²) in [7, 11) is -3.44. The molecule has 0 spiro atoms. The van der Waals surface area contributed by atoms with E-state index in [9.17, 15) is 13.2 Å². The van der Waals surface area contributed by atoms with E-state index in [1.807, 2.05) is 37.3 Å². The van der Waals surface area contributed by atoms with Gasteiger partial charge in [0.05, 0.1) is 26.2 Å². The van der Waals surface area contributed by atoms with E-state index >= 15 is 0 Å². The Morgan fingerprint density at radius 3 is 2.28 bits per heavy atom. The van der Waals surface area contributed by atoms with Crippen LogP contribution < -0.4 is 4.90 Å². The summed E-state index contributed by atoms with van der Waals surface area (Å²) >= 11 is 0. The van der Waals surface area contributed by atoms with Crippen LogP contribution in [0.2, 0.25) is 0 Å². The molecule has 2 heterocycles. The highest BCUT2D eigenvalue weighted by Crippen LogP contribution is 2.23. The Morgan fingerprint density at radius 1 is 1.10 bits per heavy atom. The molecule has 2 saturated heterocycles. The Morgan fingerprint density at radius 2 is 1.69 bits per heavy atom. The van der Waals surface area contributed by atoms with Crippen molar-refractivity contribution >= 4 is 22.0 Å². The van der Waals surface area contributed by atoms with Gasteiger partial charge in [0.1, 0.15) is 0 Å². The van der Waals surface area contributed by atoms with Gasteiger partial charge in [-0.15, -0.1) is 0 Å². The number of hydrogen-bond acceptors (Lipinski definition) is 3. The van der Waals surface area contributed by atoms with Crippen LogP contribution in [-0.4, -0.2) is 67.8 Å². The molecule has 0 aromatic heterocycles. The molecule has 0 aliphatic carbocycles. The number of benzene rings is 1. The largest absolute Gasteiger partial charge is 0.332 e. The number of sulfonamides is 1. The summed E-state index contributed by atoms with van der Waals surface area (Å²) in [5.41, 5.74) is 0.865. The van der Waals surface area contributed by atoms with Crippen molar-refractivity contribution in [3.63, 3.8) is 0 Å². The summed E-state index contributed by atoms with van der Waals surface area (Å²) in [5.74, 6) is 0.208. The number of amides is 1. The number of piperidine rings is 1. The van der Waals surface area contributed by atoms with Gasteiger partial charge in [0.2, 0.25) is 10.0 Å². The fourth-order valence-corrected chi connectivity index (χ4v) is 5.72. The molecule has 6 nitrogen and oxygen atoms in total. The lowest BCUT2D eigenvalue weighted by Crippen LogP contribution is -3.19. The number of rotatable bonds is 5. The number of carbonyl (C=O) groups excluding carboxylic acids is 1. The molecule has 2 aliphatic heterocycles. The molecule has 0 saturated carbocycles. The Kier molecular flexibility index (Phi) is 7.14. The lowest BCUT2D eigenvalue weighted by molar-refractivity contribution is -0.918. The summed E-state index contributed by atoms with van der Waals surface area (Å²) in [6, 6.07) is 9.88. The second-order valence-electron chi connectivity index (χ2n) is 8.41. The van der Waals surface area contributed by atoms with Crippen LogP contribution in [0.15, 0.2) is 35.7 Å². The minimum Gasteiger partial charge on any atom is -0.332 e. The first-order valence-electron chi connectivity index (χ1n) is 10.7. The Balaban J connectivity index is 1.58. The second kappa shape index (κ2) is 9.41. The quantitative estimate of drug-likeness (QED) is 0.783.